The zero-order valence-electron chi connectivity index (χ0n) is 18.0. The van der Waals surface area contributed by atoms with E-state index in [0.717, 1.165) is 10.9 Å². The van der Waals surface area contributed by atoms with Crippen LogP contribution in [0.5, 0.6) is 5.75 Å². The molecule has 9 nitrogen and oxygen atoms in total. The fraction of sp³-hybridized carbons (Fsp3) is 0.0800. The van der Waals surface area contributed by atoms with Crippen LogP contribution in [0.2, 0.25) is 0 Å². The number of benzene rings is 3. The van der Waals surface area contributed by atoms with E-state index in [9.17, 15) is 14.4 Å². The van der Waals surface area contributed by atoms with E-state index in [-0.39, 0.29) is 19.1 Å². The number of nitrogens with zero attached hydrogens (tertiary/aromatic N) is 1. The summed E-state index contributed by atoms with van der Waals surface area (Å²) in [6, 6.07) is 19.0. The van der Waals surface area contributed by atoms with Crippen LogP contribution in [0.3, 0.4) is 0 Å². The van der Waals surface area contributed by atoms with Crippen LogP contribution in [-0.2, 0) is 11.3 Å². The van der Waals surface area contributed by atoms with Gasteiger partial charge in [-0.25, -0.2) is 4.79 Å². The Labute approximate surface area is 194 Å². The molecule has 5 N–H and O–H groups in total. The van der Waals surface area contributed by atoms with Crippen molar-refractivity contribution in [2.45, 2.75) is 6.54 Å². The summed E-state index contributed by atoms with van der Waals surface area (Å²) in [5.74, 6) is -0.357. The molecule has 4 aromatic rings. The highest BCUT2D eigenvalue weighted by atomic mass is 16.5. The molecule has 4 amide bonds. The summed E-state index contributed by atoms with van der Waals surface area (Å²) < 4.78 is 5.60. The number of primary amides is 1. The lowest BCUT2D eigenvalue weighted by Gasteiger charge is -2.30. The van der Waals surface area contributed by atoms with Gasteiger partial charge < -0.3 is 31.0 Å². The summed E-state index contributed by atoms with van der Waals surface area (Å²) >= 11 is 0. The first-order valence-electron chi connectivity index (χ1n) is 10.6. The largest absolute Gasteiger partial charge is 0.481 e. The van der Waals surface area contributed by atoms with Crippen molar-refractivity contribution in [1.29, 1.82) is 0 Å². The molecular formula is C25H21N5O4. The summed E-state index contributed by atoms with van der Waals surface area (Å²) in [5.41, 5.74) is 9.08. The first-order chi connectivity index (χ1) is 16.5. The van der Waals surface area contributed by atoms with E-state index in [4.69, 9.17) is 10.5 Å². The molecular weight excluding hydrogens is 434 g/mol. The van der Waals surface area contributed by atoms with Crippen molar-refractivity contribution in [2.75, 3.05) is 22.1 Å². The van der Waals surface area contributed by atoms with Crippen LogP contribution in [-0.4, -0.2) is 29.4 Å². The number of aromatic nitrogens is 1. The zero-order valence-corrected chi connectivity index (χ0v) is 18.0. The minimum atomic E-state index is -0.558. The standard InChI is InChI=1S/C25H21N5O4/c26-24(32)19-4-2-1-3-16(19)13-30-21-8-7-18(12-22(21)34-14-23(30)31)29-25(33)28-17-6-5-15-9-10-27-20(15)11-17/h1-12,27H,13-14H2,(H2,26,32)(H2,28,29,33). The number of anilines is 3. The molecule has 0 unspecified atom stereocenters. The molecule has 3 aromatic carbocycles. The predicted molar refractivity (Wildman–Crippen MR) is 129 cm³/mol. The molecule has 0 fully saturated rings. The van der Waals surface area contributed by atoms with Gasteiger partial charge in [0.1, 0.15) is 5.75 Å². The Morgan fingerprint density at radius 2 is 1.76 bits per heavy atom. The second-order valence-corrected chi connectivity index (χ2v) is 7.83. The third-order valence-electron chi connectivity index (χ3n) is 5.58. The van der Waals surface area contributed by atoms with E-state index in [2.05, 4.69) is 15.6 Å². The third kappa shape index (κ3) is 4.14. The number of fused-ring (bicyclic) bond motifs is 2. The number of carbonyl (C=O) groups is 3. The van der Waals surface area contributed by atoms with E-state index in [1.165, 1.54) is 4.90 Å². The van der Waals surface area contributed by atoms with Crippen LogP contribution in [0.25, 0.3) is 10.9 Å². The van der Waals surface area contributed by atoms with E-state index >= 15 is 0 Å². The van der Waals surface area contributed by atoms with E-state index in [1.54, 1.807) is 42.5 Å². The summed E-state index contributed by atoms with van der Waals surface area (Å²) in [6.07, 6.45) is 1.84. The van der Waals surface area contributed by atoms with Gasteiger partial charge in [-0.2, -0.15) is 0 Å². The van der Waals surface area contributed by atoms with Gasteiger partial charge in [-0.15, -0.1) is 0 Å². The molecule has 0 atom stereocenters. The molecule has 9 heteroatoms. The number of ether oxygens (including phenoxy) is 1. The van der Waals surface area contributed by atoms with Crippen molar-refractivity contribution >= 4 is 45.8 Å². The van der Waals surface area contributed by atoms with E-state index in [0.29, 0.717) is 33.9 Å². The zero-order chi connectivity index (χ0) is 23.7. The lowest BCUT2D eigenvalue weighted by Crippen LogP contribution is -2.38. The number of urea groups is 1. The summed E-state index contributed by atoms with van der Waals surface area (Å²) in [5, 5.41) is 6.63. The molecule has 0 spiro atoms. The van der Waals surface area contributed by atoms with Gasteiger partial charge in [0.25, 0.3) is 5.91 Å². The second kappa shape index (κ2) is 8.62. The third-order valence-corrected chi connectivity index (χ3v) is 5.58. The van der Waals surface area contributed by atoms with Crippen LogP contribution in [0.1, 0.15) is 15.9 Å². The number of nitrogens with two attached hydrogens (primary N) is 1. The smallest absolute Gasteiger partial charge is 0.323 e. The topological polar surface area (TPSA) is 130 Å². The maximum absolute atomic E-state index is 12.6. The van der Waals surface area contributed by atoms with Gasteiger partial charge in [0.15, 0.2) is 6.61 Å². The lowest BCUT2D eigenvalue weighted by atomic mass is 10.1. The molecule has 0 saturated heterocycles. The number of rotatable bonds is 5. The van der Waals surface area contributed by atoms with Crippen molar-refractivity contribution in [2.24, 2.45) is 5.73 Å². The molecule has 0 saturated carbocycles. The molecule has 2 heterocycles. The predicted octanol–water partition coefficient (Wildman–Crippen LogP) is 3.84. The molecule has 0 bridgehead atoms. The molecule has 170 valence electrons. The maximum atomic E-state index is 12.6. The average molecular weight is 455 g/mol. The minimum absolute atomic E-state index is 0.155. The fourth-order valence-corrected chi connectivity index (χ4v) is 3.94. The Balaban J connectivity index is 1.33. The van der Waals surface area contributed by atoms with E-state index < -0.39 is 11.9 Å². The highest BCUT2D eigenvalue weighted by Gasteiger charge is 2.27. The summed E-state index contributed by atoms with van der Waals surface area (Å²) in [4.78, 5) is 41.5. The SMILES string of the molecule is NC(=O)c1ccccc1CN1C(=O)COc2cc(NC(=O)Nc3ccc4cc[nH]c4c3)ccc21. The van der Waals surface area contributed by atoms with Crippen LogP contribution >= 0.6 is 0 Å². The minimum Gasteiger partial charge on any atom is -0.481 e. The first-order valence-corrected chi connectivity index (χ1v) is 10.6. The van der Waals surface area contributed by atoms with E-state index in [1.807, 2.05) is 30.5 Å². The molecule has 1 aliphatic heterocycles. The highest BCUT2D eigenvalue weighted by Crippen LogP contribution is 2.35. The number of hydrogen-bond acceptors (Lipinski definition) is 4. The molecule has 5 rings (SSSR count). The van der Waals surface area contributed by atoms with Gasteiger partial charge in [0.05, 0.1) is 12.2 Å². The first kappa shape index (κ1) is 21.1. The number of H-pyrrole nitrogens is 1. The van der Waals surface area contributed by atoms with Gasteiger partial charge >= 0.3 is 6.03 Å². The summed E-state index contributed by atoms with van der Waals surface area (Å²) in [7, 11) is 0. The van der Waals surface area contributed by atoms with Gasteiger partial charge in [0, 0.05) is 34.7 Å². The van der Waals surface area contributed by atoms with Crippen LogP contribution < -0.4 is 26.0 Å². The molecule has 34 heavy (non-hydrogen) atoms. The summed E-state index contributed by atoms with van der Waals surface area (Å²) in [6.45, 7) is 0.0142. The van der Waals surface area contributed by atoms with Gasteiger partial charge in [-0.1, -0.05) is 24.3 Å². The highest BCUT2D eigenvalue weighted by molar-refractivity contribution is 6.02. The van der Waals surface area contributed by atoms with Gasteiger partial charge in [0.2, 0.25) is 5.91 Å². The second-order valence-electron chi connectivity index (χ2n) is 7.83. The maximum Gasteiger partial charge on any atom is 0.323 e. The molecule has 1 aromatic heterocycles. The van der Waals surface area contributed by atoms with Crippen molar-refractivity contribution < 1.29 is 19.1 Å². The van der Waals surface area contributed by atoms with Crippen LogP contribution in [0.15, 0.2) is 72.9 Å². The van der Waals surface area contributed by atoms with Crippen molar-refractivity contribution in [3.63, 3.8) is 0 Å². The number of nitrogens with one attached hydrogen (secondary N) is 3. The number of carbonyl (C=O) groups excluding carboxylic acids is 3. The molecule has 0 radical (unpaired) electrons. The number of hydrogen-bond donors (Lipinski definition) is 4. The monoisotopic (exact) mass is 455 g/mol. The molecule has 1 aliphatic rings. The Kier molecular flexibility index (Phi) is 5.35. The van der Waals surface area contributed by atoms with Crippen LogP contribution in [0, 0.1) is 0 Å². The normalized spacial score (nSPS) is 12.7. The lowest BCUT2D eigenvalue weighted by molar-refractivity contribution is -0.121. The van der Waals surface area contributed by atoms with Crippen molar-refractivity contribution in [1.82, 2.24) is 4.98 Å². The average Bonchev–Trinajstić information content (AvgIpc) is 3.29. The Morgan fingerprint density at radius 3 is 2.59 bits per heavy atom. The molecule has 0 aliphatic carbocycles. The van der Waals surface area contributed by atoms with Crippen molar-refractivity contribution in [3.05, 3.63) is 84.1 Å². The van der Waals surface area contributed by atoms with Gasteiger partial charge in [-0.05, 0) is 47.3 Å². The number of aromatic amines is 1. The van der Waals surface area contributed by atoms with Gasteiger partial charge in [-0.3, -0.25) is 9.59 Å². The number of amides is 4. The fourth-order valence-electron chi connectivity index (χ4n) is 3.94. The Morgan fingerprint density at radius 1 is 1.00 bits per heavy atom. The Hall–Kier alpha value is -4.79. The van der Waals surface area contributed by atoms with Crippen LogP contribution in [0.4, 0.5) is 21.9 Å². The van der Waals surface area contributed by atoms with Crippen molar-refractivity contribution in [3.8, 4) is 5.75 Å². The Bertz CT molecular complexity index is 1430. The quantitative estimate of drug-likeness (QED) is 0.364.